The molecule has 0 fully saturated rings. The van der Waals surface area contributed by atoms with E-state index in [-0.39, 0.29) is 0 Å². The van der Waals surface area contributed by atoms with Gasteiger partial charge in [0.2, 0.25) is 0 Å². The highest BCUT2D eigenvalue weighted by Gasteiger charge is 2.17. The minimum Gasteiger partial charge on any atom is -0.309 e. The molecule has 0 aliphatic heterocycles. The Morgan fingerprint density at radius 3 is 1.54 bits per heavy atom. The summed E-state index contributed by atoms with van der Waals surface area (Å²) < 4.78 is 4.56. The molecule has 48 heavy (non-hydrogen) atoms. The lowest BCUT2D eigenvalue weighted by Gasteiger charge is -2.12. The molecule has 10 rings (SSSR count). The van der Waals surface area contributed by atoms with Crippen molar-refractivity contribution < 1.29 is 0 Å². The highest BCUT2D eigenvalue weighted by atomic mass is 15.2. The zero-order valence-corrected chi connectivity index (χ0v) is 26.0. The normalized spacial score (nSPS) is 11.8. The Kier molecular flexibility index (Phi) is 5.84. The Balaban J connectivity index is 1.11. The third-order valence-electron chi connectivity index (χ3n) is 9.65. The van der Waals surface area contributed by atoms with Gasteiger partial charge in [-0.05, 0) is 76.2 Å². The second-order valence-electron chi connectivity index (χ2n) is 12.3. The van der Waals surface area contributed by atoms with E-state index in [1.54, 1.807) is 0 Å². The average molecular weight is 613 g/mol. The fourth-order valence-corrected chi connectivity index (χ4v) is 7.36. The molecular weight excluding hydrogens is 585 g/mol. The largest absolute Gasteiger partial charge is 0.309 e. The maximum atomic E-state index is 4.78. The molecule has 0 unspecified atom stereocenters. The third kappa shape index (κ3) is 4.03. The summed E-state index contributed by atoms with van der Waals surface area (Å²) >= 11 is 0. The number of nitrogens with zero attached hydrogens (tertiary/aromatic N) is 4. The van der Waals surface area contributed by atoms with Crippen molar-refractivity contribution >= 4 is 49.1 Å². The van der Waals surface area contributed by atoms with Crippen molar-refractivity contribution in [3.8, 4) is 39.3 Å². The van der Waals surface area contributed by atoms with Crippen LogP contribution in [0.4, 0.5) is 0 Å². The Morgan fingerprint density at radius 2 is 0.854 bits per heavy atom. The van der Waals surface area contributed by atoms with Crippen LogP contribution in [0.1, 0.15) is 0 Å². The van der Waals surface area contributed by atoms with Crippen molar-refractivity contribution in [1.29, 1.82) is 0 Å². The summed E-state index contributed by atoms with van der Waals surface area (Å²) in [5.74, 6) is 0.828. The molecule has 0 amide bonds. The van der Waals surface area contributed by atoms with Crippen LogP contribution in [0.15, 0.2) is 170 Å². The van der Waals surface area contributed by atoms with E-state index in [1.807, 2.05) is 0 Å². The van der Waals surface area contributed by atoms with E-state index in [9.17, 15) is 0 Å². The number of hydrogen-bond acceptors (Lipinski definition) is 2. The number of aromatic nitrogens is 4. The second-order valence-corrected chi connectivity index (χ2v) is 12.3. The van der Waals surface area contributed by atoms with Crippen molar-refractivity contribution in [2.75, 3.05) is 0 Å². The van der Waals surface area contributed by atoms with E-state index in [1.165, 1.54) is 54.8 Å². The Hall–Kier alpha value is -6.52. The highest BCUT2D eigenvalue weighted by Crippen LogP contribution is 2.36. The molecule has 4 nitrogen and oxygen atoms in total. The van der Waals surface area contributed by atoms with Crippen LogP contribution in [0.3, 0.4) is 0 Å². The van der Waals surface area contributed by atoms with Crippen LogP contribution in [-0.2, 0) is 0 Å². The van der Waals surface area contributed by atoms with Gasteiger partial charge in [-0.3, -0.25) is 4.40 Å². The summed E-state index contributed by atoms with van der Waals surface area (Å²) in [6, 6.07) is 60.5. The summed E-state index contributed by atoms with van der Waals surface area (Å²) in [6.45, 7) is 0. The van der Waals surface area contributed by atoms with Crippen LogP contribution < -0.4 is 0 Å². The van der Waals surface area contributed by atoms with E-state index in [2.05, 4.69) is 179 Å². The first-order chi connectivity index (χ1) is 23.8. The lowest BCUT2D eigenvalue weighted by Crippen LogP contribution is -1.96. The molecule has 0 aliphatic carbocycles. The van der Waals surface area contributed by atoms with Gasteiger partial charge in [-0.15, -0.1) is 10.2 Å². The first kappa shape index (κ1) is 26.7. The highest BCUT2D eigenvalue weighted by molar-refractivity contribution is 6.13. The van der Waals surface area contributed by atoms with Crippen molar-refractivity contribution in [3.63, 3.8) is 0 Å². The van der Waals surface area contributed by atoms with Gasteiger partial charge in [0.15, 0.2) is 11.5 Å². The van der Waals surface area contributed by atoms with E-state index < -0.39 is 0 Å². The Bertz CT molecular complexity index is 2750. The predicted molar refractivity (Wildman–Crippen MR) is 199 cm³/mol. The molecular formula is C44H28N4. The number of para-hydroxylation sites is 2. The number of hydrogen-bond donors (Lipinski definition) is 0. The Morgan fingerprint density at radius 1 is 0.333 bits per heavy atom. The van der Waals surface area contributed by atoms with Crippen molar-refractivity contribution in [3.05, 3.63) is 170 Å². The standard InChI is InChI=1S/C44H28N4/c1-2-10-29(11-3-1)30-18-20-31(21-19-30)33-24-27-42-39(28-33)35-12-4-5-15-38(35)44-46-45-43(48(42)44)32-22-25-34(26-23-32)47-40-16-8-6-13-36(40)37-14-7-9-17-41(37)47/h1-28H. The van der Waals surface area contributed by atoms with E-state index in [0.717, 1.165) is 33.6 Å². The zero-order chi connectivity index (χ0) is 31.6. The van der Waals surface area contributed by atoms with Gasteiger partial charge in [0, 0.05) is 32.8 Å². The van der Waals surface area contributed by atoms with Gasteiger partial charge in [0.1, 0.15) is 0 Å². The molecule has 0 bridgehead atoms. The summed E-state index contributed by atoms with van der Waals surface area (Å²) in [4.78, 5) is 0. The maximum Gasteiger partial charge on any atom is 0.169 e. The lowest BCUT2D eigenvalue weighted by atomic mass is 9.97. The monoisotopic (exact) mass is 612 g/mol. The van der Waals surface area contributed by atoms with Gasteiger partial charge in [-0.2, -0.15) is 0 Å². The van der Waals surface area contributed by atoms with Gasteiger partial charge >= 0.3 is 0 Å². The van der Waals surface area contributed by atoms with Crippen LogP contribution in [-0.4, -0.2) is 19.2 Å². The fraction of sp³-hybridized carbons (Fsp3) is 0. The number of pyridine rings is 1. The van der Waals surface area contributed by atoms with Crippen LogP contribution >= 0.6 is 0 Å². The summed E-state index contributed by atoms with van der Waals surface area (Å²) in [5, 5.41) is 15.5. The molecule has 10 aromatic rings. The van der Waals surface area contributed by atoms with Gasteiger partial charge in [-0.1, -0.05) is 121 Å². The predicted octanol–water partition coefficient (Wildman–Crippen LogP) is 11.1. The molecule has 224 valence electrons. The number of rotatable bonds is 4. The minimum atomic E-state index is 0.828. The van der Waals surface area contributed by atoms with Crippen molar-refractivity contribution in [2.45, 2.75) is 0 Å². The van der Waals surface area contributed by atoms with Gasteiger partial charge < -0.3 is 4.57 Å². The molecule has 3 heterocycles. The topological polar surface area (TPSA) is 35.1 Å². The smallest absolute Gasteiger partial charge is 0.169 e. The first-order valence-electron chi connectivity index (χ1n) is 16.3. The van der Waals surface area contributed by atoms with E-state index in [0.29, 0.717) is 0 Å². The molecule has 0 radical (unpaired) electrons. The fourth-order valence-electron chi connectivity index (χ4n) is 7.36. The van der Waals surface area contributed by atoms with E-state index >= 15 is 0 Å². The molecule has 0 N–H and O–H groups in total. The van der Waals surface area contributed by atoms with Crippen LogP contribution in [0.5, 0.6) is 0 Å². The van der Waals surface area contributed by atoms with Gasteiger partial charge in [0.05, 0.1) is 16.6 Å². The van der Waals surface area contributed by atoms with Crippen LogP contribution in [0.2, 0.25) is 0 Å². The van der Waals surface area contributed by atoms with Crippen LogP contribution in [0.25, 0.3) is 88.5 Å². The van der Waals surface area contributed by atoms with Crippen LogP contribution in [0, 0.1) is 0 Å². The SMILES string of the molecule is c1ccc(-c2ccc(-c3ccc4c(c3)c3ccccc3c3nnc(-c5ccc(-n6c7ccccc7c7ccccc76)cc5)n43)cc2)cc1. The van der Waals surface area contributed by atoms with Gasteiger partial charge in [0.25, 0.3) is 0 Å². The van der Waals surface area contributed by atoms with Crippen molar-refractivity contribution in [2.24, 2.45) is 0 Å². The summed E-state index contributed by atoms with van der Waals surface area (Å²) in [7, 11) is 0. The maximum absolute atomic E-state index is 4.78. The Labute approximate surface area is 276 Å². The lowest BCUT2D eigenvalue weighted by molar-refractivity contribution is 1.11. The summed E-state index contributed by atoms with van der Waals surface area (Å²) in [6.07, 6.45) is 0. The average Bonchev–Trinajstić information content (AvgIpc) is 3.76. The molecule has 3 aromatic heterocycles. The molecule has 0 saturated carbocycles. The molecule has 0 aliphatic rings. The molecule has 4 heteroatoms. The van der Waals surface area contributed by atoms with Crippen molar-refractivity contribution in [1.82, 2.24) is 19.2 Å². The number of benzene rings is 7. The molecule has 7 aromatic carbocycles. The first-order valence-corrected chi connectivity index (χ1v) is 16.3. The number of fused-ring (bicyclic) bond motifs is 9. The second kappa shape index (κ2) is 10.5. The molecule has 0 atom stereocenters. The quantitative estimate of drug-likeness (QED) is 0.185. The zero-order valence-electron chi connectivity index (χ0n) is 26.0. The van der Waals surface area contributed by atoms with E-state index in [4.69, 9.17) is 10.2 Å². The van der Waals surface area contributed by atoms with Gasteiger partial charge in [-0.25, -0.2) is 0 Å². The summed E-state index contributed by atoms with van der Waals surface area (Å²) in [5.41, 5.74) is 11.3. The molecule has 0 saturated heterocycles. The third-order valence-corrected chi connectivity index (χ3v) is 9.65. The molecule has 0 spiro atoms. The minimum absolute atomic E-state index is 0.828.